The Hall–Kier alpha value is -2.17. The summed E-state index contributed by atoms with van der Waals surface area (Å²) in [6.45, 7) is 5.93. The lowest BCUT2D eigenvalue weighted by Gasteiger charge is -2.44. The minimum absolute atomic E-state index is 0.117. The molecule has 1 aromatic carbocycles. The fraction of sp³-hybridized carbons (Fsp3) is 0.462. The Morgan fingerprint density at radius 2 is 1.94 bits per heavy atom. The zero-order valence-electron chi connectivity index (χ0n) is 20.1. The van der Waals surface area contributed by atoms with Crippen LogP contribution in [-0.4, -0.2) is 77.9 Å². The molecule has 0 radical (unpaired) electrons. The van der Waals surface area contributed by atoms with Crippen molar-refractivity contribution in [1.29, 1.82) is 0 Å². The summed E-state index contributed by atoms with van der Waals surface area (Å²) in [5.74, 6) is 0.117. The minimum Gasteiger partial charge on any atom is -0.380 e. The van der Waals surface area contributed by atoms with Gasteiger partial charge in [0.1, 0.15) is 0 Å². The lowest BCUT2D eigenvalue weighted by molar-refractivity contribution is -0.193. The third kappa shape index (κ3) is 4.34. The molecule has 9 heteroatoms. The van der Waals surface area contributed by atoms with Crippen LogP contribution in [0.5, 0.6) is 0 Å². The number of benzene rings is 1. The van der Waals surface area contributed by atoms with Crippen molar-refractivity contribution in [2.75, 3.05) is 51.3 Å². The predicted molar refractivity (Wildman–Crippen MR) is 140 cm³/mol. The number of aromatic nitrogens is 1. The highest BCUT2D eigenvalue weighted by Crippen LogP contribution is 2.46. The second kappa shape index (κ2) is 9.05. The molecule has 3 aromatic rings. The molecule has 35 heavy (non-hydrogen) atoms. The Morgan fingerprint density at radius 3 is 2.71 bits per heavy atom. The van der Waals surface area contributed by atoms with E-state index in [-0.39, 0.29) is 11.5 Å². The number of pyridine rings is 1. The largest absolute Gasteiger partial charge is 0.380 e. The van der Waals surface area contributed by atoms with Crippen LogP contribution in [0.1, 0.15) is 18.4 Å². The number of piperazine rings is 1. The Morgan fingerprint density at radius 1 is 1.14 bits per heavy atom. The van der Waals surface area contributed by atoms with Crippen molar-refractivity contribution in [2.24, 2.45) is 0 Å². The van der Waals surface area contributed by atoms with E-state index in [1.807, 2.05) is 17.3 Å². The third-order valence-corrected chi connectivity index (χ3v) is 9.51. The zero-order chi connectivity index (χ0) is 24.0. The van der Waals surface area contributed by atoms with Gasteiger partial charge in [-0.1, -0.05) is 12.1 Å². The number of nitrogens with zero attached hydrogens (tertiary/aromatic N) is 4. The fourth-order valence-electron chi connectivity index (χ4n) is 5.64. The lowest BCUT2D eigenvalue weighted by Crippen LogP contribution is -2.63. The summed E-state index contributed by atoms with van der Waals surface area (Å²) in [4.78, 5) is 21.9. The summed E-state index contributed by atoms with van der Waals surface area (Å²) in [6.07, 6.45) is 5.44. The van der Waals surface area contributed by atoms with Gasteiger partial charge in [0.25, 0.3) is 0 Å². The minimum atomic E-state index is -0.747. The molecule has 3 aliphatic rings. The van der Waals surface area contributed by atoms with Crippen molar-refractivity contribution in [3.05, 3.63) is 54.4 Å². The summed E-state index contributed by atoms with van der Waals surface area (Å²) in [5.41, 5.74) is 1.38. The summed E-state index contributed by atoms with van der Waals surface area (Å²) >= 11 is 3.44. The number of rotatable bonds is 5. The average Bonchev–Trinajstić information content (AvgIpc) is 3.38. The summed E-state index contributed by atoms with van der Waals surface area (Å²) in [6, 6.07) is 12.9. The van der Waals surface area contributed by atoms with E-state index in [1.165, 1.54) is 25.5 Å². The molecule has 1 amide bonds. The maximum Gasteiger partial charge on any atom is 0.240 e. The number of aryl methyl sites for hydroxylation is 1. The van der Waals surface area contributed by atoms with E-state index in [1.54, 1.807) is 30.4 Å². The molecule has 0 saturated carbocycles. The van der Waals surface area contributed by atoms with Crippen LogP contribution in [-0.2, 0) is 14.3 Å². The first-order valence-corrected chi connectivity index (χ1v) is 13.6. The number of carbonyl (C=O) groups is 1. The standard InChI is InChI=1S/C26H30N4O3S2/c1-19-3-4-20-14-24(34-22(20)13-19)35-29-15-23(31)30-16-25(33-26(30,17-29)18-32-2)7-11-28(12-8-25)21-5-9-27-10-6-21/h3-6,9-10,13-14H,7-8,11-12,15-18H2,1-2H3. The normalized spacial score (nSPS) is 24.5. The van der Waals surface area contributed by atoms with Crippen LogP contribution < -0.4 is 4.90 Å². The van der Waals surface area contributed by atoms with Crippen molar-refractivity contribution in [3.8, 4) is 0 Å². The van der Waals surface area contributed by atoms with Crippen LogP contribution in [0.4, 0.5) is 5.69 Å². The van der Waals surface area contributed by atoms with Crippen molar-refractivity contribution in [1.82, 2.24) is 14.2 Å². The van der Waals surface area contributed by atoms with Crippen molar-refractivity contribution >= 4 is 45.0 Å². The number of piperidine rings is 1. The zero-order valence-corrected chi connectivity index (χ0v) is 21.7. The van der Waals surface area contributed by atoms with E-state index >= 15 is 0 Å². The van der Waals surface area contributed by atoms with Gasteiger partial charge in [-0.05, 0) is 66.9 Å². The van der Waals surface area contributed by atoms with Gasteiger partial charge in [-0.2, -0.15) is 0 Å². The van der Waals surface area contributed by atoms with Crippen molar-refractivity contribution in [2.45, 2.75) is 35.3 Å². The first-order chi connectivity index (χ1) is 17.0. The third-order valence-electron chi connectivity index (χ3n) is 7.33. The average molecular weight is 511 g/mol. The molecule has 2 aromatic heterocycles. The maximum atomic E-state index is 13.4. The monoisotopic (exact) mass is 510 g/mol. The number of methoxy groups -OCH3 is 1. The molecule has 3 saturated heterocycles. The van der Waals surface area contributed by atoms with Gasteiger partial charge < -0.3 is 19.3 Å². The van der Waals surface area contributed by atoms with Crippen molar-refractivity contribution in [3.63, 3.8) is 0 Å². The van der Waals surface area contributed by atoms with Gasteiger partial charge in [-0.25, -0.2) is 4.31 Å². The van der Waals surface area contributed by atoms with E-state index in [9.17, 15) is 4.79 Å². The van der Waals surface area contributed by atoms with Gasteiger partial charge in [0.05, 0.1) is 36.1 Å². The van der Waals surface area contributed by atoms with Gasteiger partial charge in [0.2, 0.25) is 5.91 Å². The number of amides is 1. The molecule has 3 fully saturated rings. The Bertz CT molecular complexity index is 1230. The Balaban J connectivity index is 1.20. The van der Waals surface area contributed by atoms with Crippen LogP contribution in [0.15, 0.2) is 53.0 Å². The highest BCUT2D eigenvalue weighted by molar-refractivity contribution is 7.99. The summed E-state index contributed by atoms with van der Waals surface area (Å²) in [7, 11) is 1.69. The Labute approximate surface area is 214 Å². The number of anilines is 1. The summed E-state index contributed by atoms with van der Waals surface area (Å²) in [5, 5.41) is 1.25. The van der Waals surface area contributed by atoms with Gasteiger partial charge in [-0.15, -0.1) is 11.3 Å². The number of fused-ring (bicyclic) bond motifs is 2. The predicted octanol–water partition coefficient (Wildman–Crippen LogP) is 4.17. The number of thiophene rings is 1. The molecule has 0 aliphatic carbocycles. The van der Waals surface area contributed by atoms with Crippen LogP contribution in [0.2, 0.25) is 0 Å². The number of hydrogen-bond acceptors (Lipinski definition) is 8. The molecule has 5 heterocycles. The second-order valence-corrected chi connectivity index (χ2v) is 12.3. The number of carbonyl (C=O) groups excluding carboxylic acids is 1. The topological polar surface area (TPSA) is 58.1 Å². The molecule has 1 spiro atoms. The van der Waals surface area contributed by atoms with Crippen LogP contribution >= 0.6 is 23.3 Å². The number of ether oxygens (including phenoxy) is 2. The molecule has 184 valence electrons. The van der Waals surface area contributed by atoms with E-state index in [0.717, 1.165) is 25.9 Å². The highest BCUT2D eigenvalue weighted by atomic mass is 32.2. The van der Waals surface area contributed by atoms with Gasteiger partial charge >= 0.3 is 0 Å². The van der Waals surface area contributed by atoms with Crippen molar-refractivity contribution < 1.29 is 14.3 Å². The van der Waals surface area contributed by atoms with E-state index < -0.39 is 5.72 Å². The molecule has 1 atom stereocenters. The lowest BCUT2D eigenvalue weighted by atomic mass is 9.91. The smallest absolute Gasteiger partial charge is 0.240 e. The molecule has 0 bridgehead atoms. The first kappa shape index (κ1) is 23.2. The number of hydrogen-bond donors (Lipinski definition) is 0. The summed E-state index contributed by atoms with van der Waals surface area (Å²) < 4.78 is 17.2. The second-order valence-electron chi connectivity index (χ2n) is 9.83. The maximum absolute atomic E-state index is 13.4. The molecule has 3 aliphatic heterocycles. The van der Waals surface area contributed by atoms with Gasteiger partial charge in [-0.3, -0.25) is 9.78 Å². The SMILES string of the molecule is COCC12CN(Sc3cc4ccc(C)cc4s3)CC(=O)N1CC1(CCN(c3ccncc3)CC1)O2. The fourth-order valence-corrected chi connectivity index (χ4v) is 8.14. The van der Waals surface area contributed by atoms with Crippen LogP contribution in [0.25, 0.3) is 10.1 Å². The van der Waals surface area contributed by atoms with E-state index in [4.69, 9.17) is 9.47 Å². The Kier molecular flexibility index (Phi) is 6.01. The van der Waals surface area contributed by atoms with Gasteiger partial charge in [0.15, 0.2) is 5.72 Å². The molecule has 6 rings (SSSR count). The molecule has 7 nitrogen and oxygen atoms in total. The van der Waals surface area contributed by atoms with E-state index in [2.05, 4.69) is 57.5 Å². The van der Waals surface area contributed by atoms with Crippen LogP contribution in [0, 0.1) is 6.92 Å². The molecule has 1 unspecified atom stereocenters. The molecular formula is C26H30N4O3S2. The van der Waals surface area contributed by atoms with Crippen LogP contribution in [0.3, 0.4) is 0 Å². The quantitative estimate of drug-likeness (QED) is 0.478. The van der Waals surface area contributed by atoms with Gasteiger partial charge in [0, 0.05) is 43.0 Å². The first-order valence-electron chi connectivity index (χ1n) is 12.1. The van der Waals surface area contributed by atoms with E-state index in [0.29, 0.717) is 26.2 Å². The highest BCUT2D eigenvalue weighted by Gasteiger charge is 2.59. The molecule has 0 N–H and O–H groups in total. The molecular weight excluding hydrogens is 480 g/mol.